The van der Waals surface area contributed by atoms with Crippen molar-refractivity contribution >= 4 is 5.91 Å². The van der Waals surface area contributed by atoms with Crippen molar-refractivity contribution in [2.45, 2.75) is 63.6 Å². The van der Waals surface area contributed by atoms with Gasteiger partial charge in [0.05, 0.1) is 12.1 Å². The van der Waals surface area contributed by atoms with Crippen molar-refractivity contribution < 1.29 is 4.79 Å². The number of aromatic nitrogens is 1. The van der Waals surface area contributed by atoms with Gasteiger partial charge in [-0.05, 0) is 50.2 Å². The molecule has 114 valence electrons. The summed E-state index contributed by atoms with van der Waals surface area (Å²) in [6.07, 6.45) is 10.9. The summed E-state index contributed by atoms with van der Waals surface area (Å²) in [6, 6.07) is 4.45. The Bertz CT molecular complexity index is 476. The standard InChI is InChI=1S/C17H25N3O/c1-12(14-6-4-10-18-11-14)19-17(21)16-9-8-13-5-2-3-7-15(13)20-16/h4,6,10-13,15-16,20H,2-3,5,7-9H2,1H3,(H,19,21)/t12-,13?,15?,16?/m0/s1. The number of carbonyl (C=O) groups is 1. The van der Waals surface area contributed by atoms with Gasteiger partial charge in [-0.2, -0.15) is 0 Å². The van der Waals surface area contributed by atoms with Crippen molar-refractivity contribution in [3.63, 3.8) is 0 Å². The maximum atomic E-state index is 12.5. The molecule has 1 aromatic rings. The van der Waals surface area contributed by atoms with Crippen LogP contribution < -0.4 is 10.6 Å². The first kappa shape index (κ1) is 14.5. The third-order valence-corrected chi connectivity index (χ3v) is 5.01. The number of nitrogens with one attached hydrogen (secondary N) is 2. The lowest BCUT2D eigenvalue weighted by molar-refractivity contribution is -0.125. The quantitative estimate of drug-likeness (QED) is 0.898. The Morgan fingerprint density at radius 1 is 1.33 bits per heavy atom. The summed E-state index contributed by atoms with van der Waals surface area (Å²) in [6.45, 7) is 2.02. The van der Waals surface area contributed by atoms with Gasteiger partial charge in [-0.1, -0.05) is 18.9 Å². The van der Waals surface area contributed by atoms with Gasteiger partial charge in [0, 0.05) is 18.4 Å². The van der Waals surface area contributed by atoms with E-state index in [1.54, 1.807) is 6.20 Å². The van der Waals surface area contributed by atoms with E-state index >= 15 is 0 Å². The molecule has 2 fully saturated rings. The maximum Gasteiger partial charge on any atom is 0.237 e. The molecule has 0 bridgehead atoms. The number of pyridine rings is 1. The molecule has 2 N–H and O–H groups in total. The Labute approximate surface area is 126 Å². The molecule has 3 unspecified atom stereocenters. The van der Waals surface area contributed by atoms with Crippen LogP contribution in [0.1, 0.15) is 57.1 Å². The highest BCUT2D eigenvalue weighted by molar-refractivity contribution is 5.82. The molecule has 21 heavy (non-hydrogen) atoms. The van der Waals surface area contributed by atoms with E-state index in [1.807, 2.05) is 25.3 Å². The molecule has 4 nitrogen and oxygen atoms in total. The second-order valence-corrected chi connectivity index (χ2v) is 6.46. The summed E-state index contributed by atoms with van der Waals surface area (Å²) in [4.78, 5) is 16.6. The van der Waals surface area contributed by atoms with Crippen LogP contribution in [0.5, 0.6) is 0 Å². The van der Waals surface area contributed by atoms with E-state index in [2.05, 4.69) is 15.6 Å². The second kappa shape index (κ2) is 6.56. The lowest BCUT2D eigenvalue weighted by Gasteiger charge is -2.40. The van der Waals surface area contributed by atoms with Gasteiger partial charge in [0.25, 0.3) is 0 Å². The number of nitrogens with zero attached hydrogens (tertiary/aromatic N) is 1. The lowest BCUT2D eigenvalue weighted by Crippen LogP contribution is -2.55. The van der Waals surface area contributed by atoms with Gasteiger partial charge in [-0.3, -0.25) is 9.78 Å². The van der Waals surface area contributed by atoms with Crippen molar-refractivity contribution in [3.05, 3.63) is 30.1 Å². The number of carbonyl (C=O) groups excluding carboxylic acids is 1. The predicted molar refractivity (Wildman–Crippen MR) is 82.7 cm³/mol. The molecule has 1 aliphatic carbocycles. The summed E-state index contributed by atoms with van der Waals surface area (Å²) in [7, 11) is 0. The van der Waals surface area contributed by atoms with E-state index in [1.165, 1.54) is 32.1 Å². The van der Waals surface area contributed by atoms with E-state index in [9.17, 15) is 4.79 Å². The Kier molecular flexibility index (Phi) is 4.54. The van der Waals surface area contributed by atoms with Gasteiger partial charge >= 0.3 is 0 Å². The number of amides is 1. The highest BCUT2D eigenvalue weighted by atomic mass is 16.2. The molecule has 4 atom stereocenters. The van der Waals surface area contributed by atoms with E-state index in [-0.39, 0.29) is 18.0 Å². The van der Waals surface area contributed by atoms with Crippen molar-refractivity contribution in [2.24, 2.45) is 5.92 Å². The summed E-state index contributed by atoms with van der Waals surface area (Å²) in [5.74, 6) is 0.925. The Morgan fingerprint density at radius 3 is 3.00 bits per heavy atom. The molecule has 0 spiro atoms. The molecule has 3 rings (SSSR count). The summed E-state index contributed by atoms with van der Waals surface area (Å²) in [5, 5.41) is 6.70. The lowest BCUT2D eigenvalue weighted by atomic mass is 9.77. The van der Waals surface area contributed by atoms with Crippen LogP contribution in [0.15, 0.2) is 24.5 Å². The second-order valence-electron chi connectivity index (χ2n) is 6.46. The molecule has 2 aliphatic rings. The van der Waals surface area contributed by atoms with E-state index in [4.69, 9.17) is 0 Å². The first-order valence-corrected chi connectivity index (χ1v) is 8.20. The van der Waals surface area contributed by atoms with Gasteiger partial charge in [-0.25, -0.2) is 0 Å². The molecule has 1 saturated heterocycles. The molecule has 0 aromatic carbocycles. The zero-order valence-corrected chi connectivity index (χ0v) is 12.7. The highest BCUT2D eigenvalue weighted by Crippen LogP contribution is 2.32. The summed E-state index contributed by atoms with van der Waals surface area (Å²) in [5.41, 5.74) is 1.05. The molecule has 1 aromatic heterocycles. The molecule has 2 heterocycles. The summed E-state index contributed by atoms with van der Waals surface area (Å²) < 4.78 is 0. The molecule has 4 heteroatoms. The van der Waals surface area contributed by atoms with Crippen LogP contribution in [0.2, 0.25) is 0 Å². The van der Waals surface area contributed by atoms with E-state index in [0.29, 0.717) is 6.04 Å². The van der Waals surface area contributed by atoms with Gasteiger partial charge < -0.3 is 10.6 Å². The van der Waals surface area contributed by atoms with Gasteiger partial charge in [0.15, 0.2) is 0 Å². The van der Waals surface area contributed by atoms with Gasteiger partial charge in [-0.15, -0.1) is 0 Å². The normalized spacial score (nSPS) is 30.2. The number of hydrogen-bond donors (Lipinski definition) is 2. The average molecular weight is 287 g/mol. The van der Waals surface area contributed by atoms with Crippen molar-refractivity contribution in [3.8, 4) is 0 Å². The predicted octanol–water partition coefficient (Wildman–Crippen LogP) is 2.57. The zero-order chi connectivity index (χ0) is 14.7. The van der Waals surface area contributed by atoms with E-state index < -0.39 is 0 Å². The average Bonchev–Trinajstić information content (AvgIpc) is 2.55. The zero-order valence-electron chi connectivity index (χ0n) is 12.7. The van der Waals surface area contributed by atoms with Gasteiger partial charge in [0.2, 0.25) is 5.91 Å². The third kappa shape index (κ3) is 3.43. The minimum absolute atomic E-state index is 0.0112. The van der Waals surface area contributed by atoms with E-state index in [0.717, 1.165) is 17.9 Å². The monoisotopic (exact) mass is 287 g/mol. The maximum absolute atomic E-state index is 12.5. The Hall–Kier alpha value is -1.42. The fourth-order valence-electron chi connectivity index (χ4n) is 3.73. The minimum atomic E-state index is -0.0246. The fraction of sp³-hybridized carbons (Fsp3) is 0.647. The molecule has 1 aliphatic heterocycles. The number of fused-ring (bicyclic) bond motifs is 1. The van der Waals surface area contributed by atoms with Crippen molar-refractivity contribution in [2.75, 3.05) is 0 Å². The largest absolute Gasteiger partial charge is 0.348 e. The number of piperidine rings is 1. The van der Waals surface area contributed by atoms with Crippen molar-refractivity contribution in [1.29, 1.82) is 0 Å². The molecule has 0 radical (unpaired) electrons. The first-order chi connectivity index (χ1) is 10.2. The smallest absolute Gasteiger partial charge is 0.237 e. The van der Waals surface area contributed by atoms with Crippen molar-refractivity contribution in [1.82, 2.24) is 15.6 Å². The number of rotatable bonds is 3. The fourth-order valence-corrected chi connectivity index (χ4v) is 3.73. The Morgan fingerprint density at radius 2 is 2.19 bits per heavy atom. The van der Waals surface area contributed by atoms with Gasteiger partial charge in [0.1, 0.15) is 0 Å². The Balaban J connectivity index is 1.56. The minimum Gasteiger partial charge on any atom is -0.348 e. The summed E-state index contributed by atoms with van der Waals surface area (Å²) >= 11 is 0. The first-order valence-electron chi connectivity index (χ1n) is 8.20. The SMILES string of the molecule is C[C@H](NC(=O)C1CCC2CCCCC2N1)c1cccnc1. The molecular weight excluding hydrogens is 262 g/mol. The van der Waals surface area contributed by atoms with Crippen LogP contribution in [0, 0.1) is 5.92 Å². The van der Waals surface area contributed by atoms with Crippen LogP contribution in [0.25, 0.3) is 0 Å². The molecular formula is C17H25N3O. The van der Waals surface area contributed by atoms with Crippen LogP contribution in [0.4, 0.5) is 0 Å². The number of hydrogen-bond acceptors (Lipinski definition) is 3. The molecule has 1 saturated carbocycles. The van der Waals surface area contributed by atoms with Crippen LogP contribution >= 0.6 is 0 Å². The highest BCUT2D eigenvalue weighted by Gasteiger charge is 2.34. The van der Waals surface area contributed by atoms with Crippen LogP contribution in [-0.4, -0.2) is 23.0 Å². The topological polar surface area (TPSA) is 54.0 Å². The third-order valence-electron chi connectivity index (χ3n) is 5.01. The van der Waals surface area contributed by atoms with Crippen LogP contribution in [0.3, 0.4) is 0 Å². The van der Waals surface area contributed by atoms with Crippen LogP contribution in [-0.2, 0) is 4.79 Å². The molecule has 1 amide bonds.